The number of amides is 1. The number of nitrogens with one attached hydrogen (secondary N) is 1. The summed E-state index contributed by atoms with van der Waals surface area (Å²) in [6.07, 6.45) is -2.69. The van der Waals surface area contributed by atoms with Crippen molar-refractivity contribution in [1.29, 1.82) is 0 Å². The van der Waals surface area contributed by atoms with Crippen molar-refractivity contribution in [1.82, 2.24) is 29.2 Å². The van der Waals surface area contributed by atoms with Gasteiger partial charge in [-0.3, -0.25) is 0 Å². The number of benzene rings is 4. The highest BCUT2D eigenvalue weighted by molar-refractivity contribution is 14.1. The summed E-state index contributed by atoms with van der Waals surface area (Å²) in [5.74, 6) is 1.61. The Morgan fingerprint density at radius 2 is 1.36 bits per heavy atom. The molecular formula is C39H46IN7O10S2. The van der Waals surface area contributed by atoms with Crippen molar-refractivity contribution in [2.75, 3.05) is 34.5 Å². The molecule has 5 aromatic rings. The normalized spacial score (nSPS) is 12.6. The fourth-order valence-electron chi connectivity index (χ4n) is 5.87. The maximum absolute atomic E-state index is 15.6. The van der Waals surface area contributed by atoms with Crippen LogP contribution in [0.3, 0.4) is 0 Å². The summed E-state index contributed by atoms with van der Waals surface area (Å²) >= 11 is 2.00. The third kappa shape index (κ3) is 11.2. The average molecular weight is 964 g/mol. The van der Waals surface area contributed by atoms with Crippen LogP contribution >= 0.6 is 22.6 Å². The number of carbonyl (C=O) groups excluding carboxylic acids is 1. The predicted molar refractivity (Wildman–Crippen MR) is 226 cm³/mol. The molecule has 316 valence electrons. The van der Waals surface area contributed by atoms with Crippen molar-refractivity contribution in [3.63, 3.8) is 0 Å². The second kappa shape index (κ2) is 19.0. The number of aromatic nitrogens is 4. The molecule has 0 fully saturated rings. The van der Waals surface area contributed by atoms with Gasteiger partial charge in [0.25, 0.3) is 0 Å². The lowest BCUT2D eigenvalue weighted by atomic mass is 9.86. The number of tetrazole rings is 1. The van der Waals surface area contributed by atoms with Gasteiger partial charge in [0.05, 0.1) is 33.4 Å². The molecule has 1 heterocycles. The van der Waals surface area contributed by atoms with Crippen molar-refractivity contribution in [3.05, 3.63) is 105 Å². The molecule has 1 atom stereocenters. The average Bonchev–Trinajstić information content (AvgIpc) is 3.66. The lowest BCUT2D eigenvalue weighted by Crippen LogP contribution is -2.38. The fourth-order valence-corrected chi connectivity index (χ4v) is 11.0. The number of ether oxygens (including phenoxy) is 4. The molecule has 1 unspecified atom stereocenters. The quantitative estimate of drug-likeness (QED) is 0.103. The van der Waals surface area contributed by atoms with Crippen LogP contribution in [-0.2, 0) is 49.8 Å². The van der Waals surface area contributed by atoms with Gasteiger partial charge in [-0.05, 0) is 97.9 Å². The van der Waals surface area contributed by atoms with Gasteiger partial charge in [-0.2, -0.15) is 9.10 Å². The lowest BCUT2D eigenvalue weighted by molar-refractivity contribution is 0.0758. The number of nitrogens with zero attached hydrogens (tertiary/aromatic N) is 5. The van der Waals surface area contributed by atoms with E-state index in [1.807, 2.05) is 55.5 Å². The third-order valence-electron chi connectivity index (χ3n) is 9.00. The molecule has 0 aliphatic carbocycles. The Bertz CT molecular complexity index is 2410. The number of halogens is 1. The van der Waals surface area contributed by atoms with Crippen LogP contribution in [0.15, 0.2) is 88.7 Å². The van der Waals surface area contributed by atoms with E-state index in [2.05, 4.69) is 24.9 Å². The van der Waals surface area contributed by atoms with Gasteiger partial charge in [-0.1, -0.05) is 57.2 Å². The molecule has 1 amide bonds. The summed E-state index contributed by atoms with van der Waals surface area (Å²) in [5, 5.41) is 23.7. The van der Waals surface area contributed by atoms with E-state index >= 15 is 8.42 Å². The van der Waals surface area contributed by atoms with Gasteiger partial charge in [0.15, 0.2) is 0 Å². The van der Waals surface area contributed by atoms with Crippen molar-refractivity contribution < 1.29 is 45.7 Å². The number of methoxy groups -OCH3 is 3. The van der Waals surface area contributed by atoms with E-state index in [-0.39, 0.29) is 31.0 Å². The molecule has 0 spiro atoms. The zero-order valence-electron chi connectivity index (χ0n) is 33.2. The maximum atomic E-state index is 15.6. The van der Waals surface area contributed by atoms with E-state index in [1.165, 1.54) is 29.4 Å². The monoisotopic (exact) mass is 963 g/mol. The van der Waals surface area contributed by atoms with Gasteiger partial charge in [0.2, 0.25) is 25.9 Å². The molecule has 0 bridgehead atoms. The fraction of sp³-hybridized carbons (Fsp3) is 0.333. The number of aliphatic hydroxyl groups is 1. The van der Waals surface area contributed by atoms with Gasteiger partial charge >= 0.3 is 6.09 Å². The zero-order valence-corrected chi connectivity index (χ0v) is 37.0. The minimum Gasteiger partial charge on any atom is -0.497 e. The molecule has 0 aliphatic rings. The summed E-state index contributed by atoms with van der Waals surface area (Å²) in [6.45, 7) is 4.05. The van der Waals surface area contributed by atoms with Crippen LogP contribution in [0, 0.1) is 3.57 Å². The van der Waals surface area contributed by atoms with Crippen molar-refractivity contribution >= 4 is 48.7 Å². The number of sulfonamides is 2. The topological polar surface area (TPSA) is 227 Å². The Balaban J connectivity index is 1.76. The number of hydrogen-bond donors (Lipinski definition) is 3. The minimum atomic E-state index is -4.86. The Morgan fingerprint density at radius 3 is 1.81 bits per heavy atom. The van der Waals surface area contributed by atoms with Crippen LogP contribution in [-0.4, -0.2) is 93.1 Å². The molecule has 4 N–H and O–H groups in total. The summed E-state index contributed by atoms with van der Waals surface area (Å²) in [7, 11) is -5.07. The Labute approximate surface area is 357 Å². The van der Waals surface area contributed by atoms with E-state index in [0.717, 1.165) is 5.56 Å². The first-order valence-electron chi connectivity index (χ1n) is 18.0. The number of rotatable bonds is 18. The number of nitrogens with two attached hydrogens (primary N) is 1. The van der Waals surface area contributed by atoms with Crippen molar-refractivity contribution in [3.8, 4) is 28.6 Å². The summed E-state index contributed by atoms with van der Waals surface area (Å²) < 4.78 is 84.7. The molecule has 4 aromatic carbocycles. The van der Waals surface area contributed by atoms with E-state index in [4.69, 9.17) is 19.9 Å². The van der Waals surface area contributed by atoms with E-state index in [0.29, 0.717) is 37.5 Å². The highest BCUT2D eigenvalue weighted by Gasteiger charge is 2.40. The second-order valence-electron chi connectivity index (χ2n) is 14.3. The predicted octanol–water partition coefficient (Wildman–Crippen LogP) is 4.44. The molecule has 17 nitrogen and oxygen atoms in total. The molecule has 59 heavy (non-hydrogen) atoms. The standard InChI is InChI=1S/C39H46IN7O10S2/c1-39(2,3)32-19-33(58(50,51)42-20-28(48)24-57-38(41)49)36(34(35(32)40)37-43-45-47(44-37)23-27-11-17-31(56-6)18-12-27)59(52,53)46(21-25-7-13-29(54-4)14-8-25)22-26-9-15-30(55-5)16-10-26/h7-19,28,42,48H,20-24H2,1-6H3,(H2,41,49). The van der Waals surface area contributed by atoms with E-state index in [9.17, 15) is 18.3 Å². The molecule has 20 heteroatoms. The van der Waals surface area contributed by atoms with Gasteiger partial charge in [0.1, 0.15) is 39.8 Å². The number of hydrogen-bond acceptors (Lipinski definition) is 13. The highest BCUT2D eigenvalue weighted by atomic mass is 127. The molecule has 5 rings (SSSR count). The summed E-state index contributed by atoms with van der Waals surface area (Å²) in [5.41, 5.74) is 6.61. The Hall–Kier alpha value is -4.87. The van der Waals surface area contributed by atoms with Gasteiger partial charge in [0, 0.05) is 23.2 Å². The SMILES string of the molecule is COc1ccc(CN(Cc2ccc(OC)cc2)S(=O)(=O)c2c(S(=O)(=O)NCC(O)COC(N)=O)cc(C(C)(C)C)c(I)c2-c2nnn(Cc3ccc(OC)cc3)n2)cc1. The molecular weight excluding hydrogens is 918 g/mol. The van der Waals surface area contributed by atoms with Crippen LogP contribution in [0.4, 0.5) is 4.79 Å². The van der Waals surface area contributed by atoms with E-state index < -0.39 is 60.6 Å². The highest BCUT2D eigenvalue weighted by Crippen LogP contribution is 2.43. The van der Waals surface area contributed by atoms with Crippen LogP contribution < -0.4 is 24.7 Å². The van der Waals surface area contributed by atoms with Gasteiger partial charge in [-0.25, -0.2) is 26.4 Å². The van der Waals surface area contributed by atoms with Crippen LogP contribution in [0.25, 0.3) is 11.4 Å². The van der Waals surface area contributed by atoms with Crippen LogP contribution in [0.2, 0.25) is 0 Å². The third-order valence-corrected chi connectivity index (χ3v) is 13.6. The first-order chi connectivity index (χ1) is 27.9. The molecule has 1 aromatic heterocycles. The zero-order chi connectivity index (χ0) is 43.1. The number of carbonyl (C=O) groups is 1. The largest absolute Gasteiger partial charge is 0.497 e. The molecule has 0 saturated carbocycles. The maximum Gasteiger partial charge on any atom is 0.404 e. The summed E-state index contributed by atoms with van der Waals surface area (Å²) in [6, 6.07) is 22.1. The van der Waals surface area contributed by atoms with Gasteiger partial charge in [-0.15, -0.1) is 10.2 Å². The molecule has 0 radical (unpaired) electrons. The Morgan fingerprint density at radius 1 is 0.864 bits per heavy atom. The number of aliphatic hydroxyl groups excluding tert-OH is 1. The van der Waals surface area contributed by atoms with Crippen LogP contribution in [0.1, 0.15) is 43.0 Å². The van der Waals surface area contributed by atoms with Crippen LogP contribution in [0.5, 0.6) is 17.2 Å². The lowest BCUT2D eigenvalue weighted by Gasteiger charge is -2.29. The first-order valence-corrected chi connectivity index (χ1v) is 22.0. The van der Waals surface area contributed by atoms with Gasteiger partial charge < -0.3 is 29.8 Å². The smallest absolute Gasteiger partial charge is 0.404 e. The second-order valence-corrected chi connectivity index (χ2v) is 19.0. The molecule has 0 saturated heterocycles. The first kappa shape index (κ1) is 45.2. The van der Waals surface area contributed by atoms with Crippen molar-refractivity contribution in [2.24, 2.45) is 5.73 Å². The van der Waals surface area contributed by atoms with E-state index in [1.54, 1.807) is 67.8 Å². The molecule has 0 aliphatic heterocycles. The minimum absolute atomic E-state index is 0.0912. The Kier molecular flexibility index (Phi) is 14.6. The summed E-state index contributed by atoms with van der Waals surface area (Å²) in [4.78, 5) is 11.2. The number of primary amides is 1. The van der Waals surface area contributed by atoms with Crippen molar-refractivity contribution in [2.45, 2.75) is 61.7 Å².